The number of thioether (sulfide) groups is 1. The number of aromatic nitrogens is 2. The molecule has 0 saturated carbocycles. The van der Waals surface area contributed by atoms with Gasteiger partial charge in [-0.3, -0.25) is 4.68 Å². The third-order valence-corrected chi connectivity index (χ3v) is 3.06. The van der Waals surface area contributed by atoms with Crippen LogP contribution in [0.3, 0.4) is 0 Å². The maximum Gasteiger partial charge on any atom is 0.0861 e. The highest BCUT2D eigenvalue weighted by atomic mass is 32.2. The number of aliphatic hydroxyl groups excluding tert-OH is 2. The van der Waals surface area contributed by atoms with Crippen LogP contribution in [0.15, 0.2) is 12.3 Å². The van der Waals surface area contributed by atoms with Crippen LogP contribution in [-0.4, -0.2) is 44.2 Å². The van der Waals surface area contributed by atoms with Gasteiger partial charge in [-0.15, -0.1) is 0 Å². The van der Waals surface area contributed by atoms with E-state index in [4.69, 9.17) is 10.2 Å². The highest BCUT2D eigenvalue weighted by Gasteiger charge is 2.02. The summed E-state index contributed by atoms with van der Waals surface area (Å²) >= 11 is 1.64. The molecule has 80 valence electrons. The van der Waals surface area contributed by atoms with Crippen LogP contribution < -0.4 is 0 Å². The Bertz CT molecular complexity index is 265. The molecule has 0 fully saturated rings. The molecular formula is C9H16N2O2S. The van der Waals surface area contributed by atoms with E-state index in [1.165, 1.54) is 5.69 Å². The van der Waals surface area contributed by atoms with Crippen molar-refractivity contribution in [3.8, 4) is 0 Å². The lowest BCUT2D eigenvalue weighted by molar-refractivity contribution is 0.113. The average Bonchev–Trinajstić information content (AvgIpc) is 2.58. The Morgan fingerprint density at radius 2 is 2.43 bits per heavy atom. The number of aliphatic hydroxyl groups is 2. The Hall–Kier alpha value is -0.520. The molecule has 4 nitrogen and oxygen atoms in total. The molecule has 1 unspecified atom stereocenters. The molecule has 1 aromatic rings. The van der Waals surface area contributed by atoms with Gasteiger partial charge in [0.05, 0.1) is 12.7 Å². The Labute approximate surface area is 87.9 Å². The molecule has 1 heterocycles. The first kappa shape index (κ1) is 11.6. The zero-order chi connectivity index (χ0) is 10.4. The fourth-order valence-electron chi connectivity index (χ4n) is 1.10. The van der Waals surface area contributed by atoms with Crippen molar-refractivity contribution >= 4 is 11.8 Å². The lowest BCUT2D eigenvalue weighted by Crippen LogP contribution is -2.15. The van der Waals surface area contributed by atoms with Crippen molar-refractivity contribution in [2.45, 2.75) is 12.5 Å². The van der Waals surface area contributed by atoms with Gasteiger partial charge < -0.3 is 10.2 Å². The van der Waals surface area contributed by atoms with Gasteiger partial charge in [-0.25, -0.2) is 0 Å². The lowest BCUT2D eigenvalue weighted by atomic mass is 10.3. The molecule has 0 aromatic carbocycles. The zero-order valence-electron chi connectivity index (χ0n) is 8.26. The van der Waals surface area contributed by atoms with Crippen molar-refractivity contribution in [3.05, 3.63) is 18.0 Å². The quantitative estimate of drug-likeness (QED) is 0.660. The third kappa shape index (κ3) is 3.69. The van der Waals surface area contributed by atoms with Gasteiger partial charge in [-0.2, -0.15) is 16.9 Å². The van der Waals surface area contributed by atoms with E-state index in [-0.39, 0.29) is 6.61 Å². The van der Waals surface area contributed by atoms with E-state index in [0.29, 0.717) is 5.75 Å². The van der Waals surface area contributed by atoms with E-state index in [1.807, 2.05) is 17.8 Å². The summed E-state index contributed by atoms with van der Waals surface area (Å²) in [6, 6.07) is 1.99. The first-order valence-electron chi connectivity index (χ1n) is 4.57. The summed E-state index contributed by atoms with van der Waals surface area (Å²) in [6.07, 6.45) is 2.13. The van der Waals surface area contributed by atoms with Gasteiger partial charge in [-0.05, 0) is 18.2 Å². The first-order chi connectivity index (χ1) is 6.74. The van der Waals surface area contributed by atoms with Crippen LogP contribution in [0.4, 0.5) is 0 Å². The van der Waals surface area contributed by atoms with Crippen molar-refractivity contribution in [3.63, 3.8) is 0 Å². The van der Waals surface area contributed by atoms with E-state index >= 15 is 0 Å². The second-order valence-electron chi connectivity index (χ2n) is 3.11. The Kier molecular flexibility index (Phi) is 5.00. The number of aryl methyl sites for hydroxylation is 2. The highest BCUT2D eigenvalue weighted by molar-refractivity contribution is 7.99. The van der Waals surface area contributed by atoms with Gasteiger partial charge in [0.2, 0.25) is 0 Å². The molecule has 0 amide bonds. The van der Waals surface area contributed by atoms with E-state index in [1.54, 1.807) is 18.0 Å². The number of hydrogen-bond donors (Lipinski definition) is 2. The molecule has 0 saturated heterocycles. The van der Waals surface area contributed by atoms with E-state index < -0.39 is 6.10 Å². The van der Waals surface area contributed by atoms with Crippen LogP contribution in [0.5, 0.6) is 0 Å². The standard InChI is InChI=1S/C9H16N2O2S/c1-11-8(2-4-10-11)3-5-14-7-9(13)6-12/h2,4,9,12-13H,3,5-7H2,1H3. The van der Waals surface area contributed by atoms with E-state index in [2.05, 4.69) is 5.10 Å². The van der Waals surface area contributed by atoms with Gasteiger partial charge >= 0.3 is 0 Å². The summed E-state index contributed by atoms with van der Waals surface area (Å²) in [5.74, 6) is 1.53. The van der Waals surface area contributed by atoms with Crippen molar-refractivity contribution < 1.29 is 10.2 Å². The number of hydrogen-bond acceptors (Lipinski definition) is 4. The van der Waals surface area contributed by atoms with Crippen molar-refractivity contribution in [1.29, 1.82) is 0 Å². The summed E-state index contributed by atoms with van der Waals surface area (Å²) in [7, 11) is 1.92. The molecular weight excluding hydrogens is 200 g/mol. The first-order valence-corrected chi connectivity index (χ1v) is 5.73. The van der Waals surface area contributed by atoms with Gasteiger partial charge in [0.1, 0.15) is 0 Å². The Morgan fingerprint density at radius 1 is 1.64 bits per heavy atom. The Morgan fingerprint density at radius 3 is 3.00 bits per heavy atom. The Balaban J connectivity index is 2.13. The fraction of sp³-hybridized carbons (Fsp3) is 0.667. The molecule has 0 aliphatic carbocycles. The summed E-state index contributed by atoms with van der Waals surface area (Å²) < 4.78 is 1.85. The van der Waals surface area contributed by atoms with Crippen LogP contribution in [-0.2, 0) is 13.5 Å². The molecule has 14 heavy (non-hydrogen) atoms. The largest absolute Gasteiger partial charge is 0.394 e. The minimum absolute atomic E-state index is 0.154. The zero-order valence-corrected chi connectivity index (χ0v) is 9.07. The van der Waals surface area contributed by atoms with Crippen LogP contribution in [0.2, 0.25) is 0 Å². The van der Waals surface area contributed by atoms with Crippen LogP contribution in [0.1, 0.15) is 5.69 Å². The van der Waals surface area contributed by atoms with E-state index in [0.717, 1.165) is 12.2 Å². The normalized spacial score (nSPS) is 13.1. The van der Waals surface area contributed by atoms with Crippen molar-refractivity contribution in [1.82, 2.24) is 9.78 Å². The molecule has 1 atom stereocenters. The summed E-state index contributed by atoms with van der Waals surface area (Å²) in [5, 5.41) is 21.7. The monoisotopic (exact) mass is 216 g/mol. The van der Waals surface area contributed by atoms with Crippen molar-refractivity contribution in [2.75, 3.05) is 18.1 Å². The van der Waals surface area contributed by atoms with Crippen LogP contribution in [0, 0.1) is 0 Å². The summed E-state index contributed by atoms with van der Waals surface area (Å²) in [5.41, 5.74) is 1.19. The van der Waals surface area contributed by atoms with Gasteiger partial charge in [0.15, 0.2) is 0 Å². The molecule has 5 heteroatoms. The summed E-state index contributed by atoms with van der Waals surface area (Å²) in [6.45, 7) is -0.154. The topological polar surface area (TPSA) is 58.3 Å². The predicted octanol–water partition coefficient (Wildman–Crippen LogP) is 0.0490. The van der Waals surface area contributed by atoms with Gasteiger partial charge in [0, 0.05) is 24.7 Å². The highest BCUT2D eigenvalue weighted by Crippen LogP contribution is 2.07. The maximum atomic E-state index is 9.08. The third-order valence-electron chi connectivity index (χ3n) is 1.95. The number of rotatable bonds is 6. The van der Waals surface area contributed by atoms with Crippen LogP contribution >= 0.6 is 11.8 Å². The fourth-order valence-corrected chi connectivity index (χ4v) is 1.99. The maximum absolute atomic E-state index is 9.08. The second-order valence-corrected chi connectivity index (χ2v) is 4.26. The van der Waals surface area contributed by atoms with E-state index in [9.17, 15) is 0 Å². The second kappa shape index (κ2) is 6.06. The lowest BCUT2D eigenvalue weighted by Gasteiger charge is -2.06. The molecule has 0 radical (unpaired) electrons. The van der Waals surface area contributed by atoms with Gasteiger partial charge in [0.25, 0.3) is 0 Å². The minimum Gasteiger partial charge on any atom is -0.394 e. The molecule has 1 rings (SSSR count). The molecule has 0 aliphatic rings. The smallest absolute Gasteiger partial charge is 0.0861 e. The summed E-state index contributed by atoms with van der Waals surface area (Å²) in [4.78, 5) is 0. The molecule has 0 aliphatic heterocycles. The molecule has 0 bridgehead atoms. The minimum atomic E-state index is -0.591. The number of nitrogens with zero attached hydrogens (tertiary/aromatic N) is 2. The molecule has 2 N–H and O–H groups in total. The van der Waals surface area contributed by atoms with Gasteiger partial charge in [-0.1, -0.05) is 0 Å². The predicted molar refractivity (Wildman–Crippen MR) is 57.3 cm³/mol. The van der Waals surface area contributed by atoms with Crippen LogP contribution in [0.25, 0.3) is 0 Å². The molecule has 0 spiro atoms. The van der Waals surface area contributed by atoms with Crippen molar-refractivity contribution in [2.24, 2.45) is 7.05 Å². The average molecular weight is 216 g/mol. The molecule has 1 aromatic heterocycles. The SMILES string of the molecule is Cn1nccc1CCSCC(O)CO.